The summed E-state index contributed by atoms with van der Waals surface area (Å²) in [5, 5.41) is 2.62. The Hall–Kier alpha value is -1.52. The molecule has 0 bridgehead atoms. The van der Waals surface area contributed by atoms with Crippen LogP contribution in [0.5, 0.6) is 0 Å². The molecule has 2 rings (SSSR count). The predicted octanol–water partition coefficient (Wildman–Crippen LogP) is 3.79. The minimum Gasteiger partial charge on any atom is -0.326 e. The van der Waals surface area contributed by atoms with Gasteiger partial charge in [0.1, 0.15) is 0 Å². The third-order valence-electron chi connectivity index (χ3n) is 3.26. The zero-order chi connectivity index (χ0) is 13.5. The number of carbonyl (C=O) groups is 1. The number of halogens is 3. The molecule has 0 aromatic heterocycles. The van der Waals surface area contributed by atoms with Crippen LogP contribution < -0.4 is 5.32 Å². The molecule has 1 heterocycles. The third-order valence-corrected chi connectivity index (χ3v) is 3.26. The molecule has 5 heteroatoms. The summed E-state index contributed by atoms with van der Waals surface area (Å²) in [6.07, 6.45) is -4.11. The molecule has 0 fully saturated rings. The average Bonchev–Trinajstić information content (AvgIpc) is 2.25. The van der Waals surface area contributed by atoms with Gasteiger partial charge in [0.25, 0.3) is 0 Å². The highest BCUT2D eigenvalue weighted by molar-refractivity contribution is 5.94. The second kappa shape index (κ2) is 4.30. The first kappa shape index (κ1) is 12.9. The maximum absolute atomic E-state index is 12.7. The first-order valence-electron chi connectivity index (χ1n) is 5.80. The monoisotopic (exact) mass is 257 g/mol. The Bertz CT molecular complexity index is 480. The van der Waals surface area contributed by atoms with Gasteiger partial charge in [0.2, 0.25) is 5.91 Å². The summed E-state index contributed by atoms with van der Waals surface area (Å²) >= 11 is 0. The molecule has 1 aliphatic heterocycles. The Morgan fingerprint density at radius 3 is 2.56 bits per heavy atom. The number of rotatable bonds is 1. The molecular weight excluding hydrogens is 243 g/mol. The van der Waals surface area contributed by atoms with Gasteiger partial charge in [-0.15, -0.1) is 0 Å². The molecule has 1 atom stereocenters. The summed E-state index contributed by atoms with van der Waals surface area (Å²) in [5.41, 5.74) is 0.417. The van der Waals surface area contributed by atoms with Crippen molar-refractivity contribution in [2.45, 2.75) is 32.4 Å². The van der Waals surface area contributed by atoms with E-state index in [1.54, 1.807) is 0 Å². The lowest BCUT2D eigenvalue weighted by Crippen LogP contribution is -2.26. The van der Waals surface area contributed by atoms with E-state index in [0.29, 0.717) is 11.3 Å². The van der Waals surface area contributed by atoms with Gasteiger partial charge in [-0.1, -0.05) is 13.8 Å². The normalized spacial score (nSPS) is 19.7. The summed E-state index contributed by atoms with van der Waals surface area (Å²) in [4.78, 5) is 11.5. The van der Waals surface area contributed by atoms with Crippen molar-refractivity contribution in [1.29, 1.82) is 0 Å². The van der Waals surface area contributed by atoms with Crippen molar-refractivity contribution in [2.75, 3.05) is 5.32 Å². The van der Waals surface area contributed by atoms with Gasteiger partial charge in [0.05, 0.1) is 5.56 Å². The Morgan fingerprint density at radius 1 is 1.33 bits per heavy atom. The highest BCUT2D eigenvalue weighted by Crippen LogP contribution is 2.40. The van der Waals surface area contributed by atoms with E-state index in [9.17, 15) is 18.0 Å². The quantitative estimate of drug-likeness (QED) is 0.814. The fourth-order valence-electron chi connectivity index (χ4n) is 2.27. The smallest absolute Gasteiger partial charge is 0.326 e. The Morgan fingerprint density at radius 2 is 2.00 bits per heavy atom. The lowest BCUT2D eigenvalue weighted by molar-refractivity contribution is -0.137. The number of fused-ring (bicyclic) bond motifs is 1. The van der Waals surface area contributed by atoms with Crippen LogP contribution in [0, 0.1) is 5.92 Å². The van der Waals surface area contributed by atoms with E-state index >= 15 is 0 Å². The van der Waals surface area contributed by atoms with Crippen LogP contribution in [0.3, 0.4) is 0 Å². The Labute approximate surface area is 103 Å². The molecule has 2 nitrogen and oxygen atoms in total. The fraction of sp³-hybridized carbons (Fsp3) is 0.462. The zero-order valence-corrected chi connectivity index (χ0v) is 10.1. The van der Waals surface area contributed by atoms with Crippen molar-refractivity contribution in [3.8, 4) is 0 Å². The number of nitrogens with one attached hydrogen (secondary N) is 1. The van der Waals surface area contributed by atoms with E-state index in [4.69, 9.17) is 0 Å². The van der Waals surface area contributed by atoms with E-state index in [0.717, 1.165) is 12.1 Å². The molecule has 0 saturated heterocycles. The van der Waals surface area contributed by atoms with Gasteiger partial charge in [-0.3, -0.25) is 4.79 Å². The number of alkyl halides is 3. The number of benzene rings is 1. The van der Waals surface area contributed by atoms with Crippen molar-refractivity contribution in [2.24, 2.45) is 5.92 Å². The van der Waals surface area contributed by atoms with Gasteiger partial charge in [0, 0.05) is 12.1 Å². The summed E-state index contributed by atoms with van der Waals surface area (Å²) in [6, 6.07) is 3.49. The number of amides is 1. The number of carbonyl (C=O) groups excluding carboxylic acids is 1. The Balaban J connectivity index is 2.49. The maximum atomic E-state index is 12.7. The summed E-state index contributed by atoms with van der Waals surface area (Å²) in [6.45, 7) is 3.82. The van der Waals surface area contributed by atoms with Crippen LogP contribution in [0.1, 0.15) is 37.3 Å². The van der Waals surface area contributed by atoms with Crippen molar-refractivity contribution >= 4 is 11.6 Å². The second-order valence-electron chi connectivity index (χ2n) is 4.90. The highest BCUT2D eigenvalue weighted by Gasteiger charge is 2.34. The van der Waals surface area contributed by atoms with Gasteiger partial charge < -0.3 is 5.32 Å². The summed E-state index contributed by atoms with van der Waals surface area (Å²) in [7, 11) is 0. The molecule has 0 radical (unpaired) electrons. The van der Waals surface area contributed by atoms with E-state index in [-0.39, 0.29) is 24.2 Å². The van der Waals surface area contributed by atoms with Gasteiger partial charge >= 0.3 is 6.18 Å². The van der Waals surface area contributed by atoms with Crippen molar-refractivity contribution in [3.63, 3.8) is 0 Å². The molecule has 0 spiro atoms. The van der Waals surface area contributed by atoms with Gasteiger partial charge in [-0.05, 0) is 35.6 Å². The van der Waals surface area contributed by atoms with Crippen LogP contribution in [0.4, 0.5) is 18.9 Å². The molecule has 1 aromatic rings. The number of anilines is 1. The maximum Gasteiger partial charge on any atom is 0.416 e. The van der Waals surface area contributed by atoms with Crippen molar-refractivity contribution < 1.29 is 18.0 Å². The first-order valence-corrected chi connectivity index (χ1v) is 5.80. The fourth-order valence-corrected chi connectivity index (χ4v) is 2.27. The molecule has 0 aliphatic carbocycles. The summed E-state index contributed by atoms with van der Waals surface area (Å²) in [5.74, 6) is -0.171. The topological polar surface area (TPSA) is 29.1 Å². The third kappa shape index (κ3) is 2.35. The van der Waals surface area contributed by atoms with Crippen LogP contribution in [0.15, 0.2) is 18.2 Å². The molecule has 1 aliphatic rings. The van der Waals surface area contributed by atoms with E-state index in [2.05, 4.69) is 5.32 Å². The largest absolute Gasteiger partial charge is 0.416 e. The standard InChI is InChI=1S/C13H14F3NO/c1-7(2)9-6-12(18)17-11-4-3-8(5-10(9)11)13(14,15)16/h3-5,7,9H,6H2,1-2H3,(H,17,18). The molecular formula is C13H14F3NO. The van der Waals surface area contributed by atoms with Crippen LogP contribution in [-0.2, 0) is 11.0 Å². The first-order chi connectivity index (χ1) is 8.29. The van der Waals surface area contributed by atoms with Crippen LogP contribution in [0.25, 0.3) is 0 Å². The lowest BCUT2D eigenvalue weighted by Gasteiger charge is -2.29. The van der Waals surface area contributed by atoms with Crippen LogP contribution in [-0.4, -0.2) is 5.91 Å². The highest BCUT2D eigenvalue weighted by atomic mass is 19.4. The minimum absolute atomic E-state index is 0.123. The lowest BCUT2D eigenvalue weighted by atomic mass is 9.81. The molecule has 1 unspecified atom stereocenters. The summed E-state index contributed by atoms with van der Waals surface area (Å²) < 4.78 is 38.0. The molecule has 1 N–H and O–H groups in total. The van der Waals surface area contributed by atoms with E-state index in [1.807, 2.05) is 13.8 Å². The minimum atomic E-state index is -4.35. The second-order valence-corrected chi connectivity index (χ2v) is 4.90. The molecule has 1 amide bonds. The van der Waals surface area contributed by atoms with Crippen molar-refractivity contribution in [1.82, 2.24) is 0 Å². The SMILES string of the molecule is CC(C)C1CC(=O)Nc2ccc(C(F)(F)F)cc21. The molecule has 1 aromatic carbocycles. The molecule has 18 heavy (non-hydrogen) atoms. The molecule has 0 saturated carbocycles. The van der Waals surface area contributed by atoms with Crippen molar-refractivity contribution in [3.05, 3.63) is 29.3 Å². The number of hydrogen-bond donors (Lipinski definition) is 1. The van der Waals surface area contributed by atoms with Gasteiger partial charge in [-0.25, -0.2) is 0 Å². The zero-order valence-electron chi connectivity index (χ0n) is 10.1. The van der Waals surface area contributed by atoms with Crippen LogP contribution in [0.2, 0.25) is 0 Å². The van der Waals surface area contributed by atoms with Gasteiger partial charge in [0.15, 0.2) is 0 Å². The molecule has 98 valence electrons. The van der Waals surface area contributed by atoms with Gasteiger partial charge in [-0.2, -0.15) is 13.2 Å². The average molecular weight is 257 g/mol. The number of hydrogen-bond acceptors (Lipinski definition) is 1. The van der Waals surface area contributed by atoms with Crippen LogP contribution >= 0.6 is 0 Å². The van der Waals surface area contributed by atoms with E-state index in [1.165, 1.54) is 6.07 Å². The predicted molar refractivity (Wildman–Crippen MR) is 62.3 cm³/mol. The Kier molecular flexibility index (Phi) is 3.09. The van der Waals surface area contributed by atoms with E-state index < -0.39 is 11.7 Å².